The van der Waals surface area contributed by atoms with Crippen molar-refractivity contribution in [1.82, 2.24) is 14.7 Å². The standard InChI is InChI=1S/C15H25N3O2/c1-4-13(5-2)18-8-6-12(16-18)10-17-9-7-15(3,11-17)14(19)20/h6,8,13H,4-5,7,9-11H2,1-3H3,(H,19,20). The van der Waals surface area contributed by atoms with E-state index >= 15 is 0 Å². The zero-order chi connectivity index (χ0) is 14.8. The fourth-order valence-electron chi connectivity index (χ4n) is 2.92. The van der Waals surface area contributed by atoms with Crippen LogP contribution in [0.3, 0.4) is 0 Å². The normalized spacial score (nSPS) is 23.6. The second kappa shape index (κ2) is 5.95. The van der Waals surface area contributed by atoms with Crippen LogP contribution in [0.5, 0.6) is 0 Å². The van der Waals surface area contributed by atoms with Gasteiger partial charge in [-0.1, -0.05) is 13.8 Å². The van der Waals surface area contributed by atoms with Crippen LogP contribution in [0.25, 0.3) is 0 Å². The van der Waals surface area contributed by atoms with Crippen LogP contribution in [0.15, 0.2) is 12.3 Å². The van der Waals surface area contributed by atoms with E-state index in [0.717, 1.165) is 38.0 Å². The van der Waals surface area contributed by atoms with Crippen molar-refractivity contribution in [2.75, 3.05) is 13.1 Å². The number of carbonyl (C=O) groups is 1. The van der Waals surface area contributed by atoms with Crippen LogP contribution < -0.4 is 0 Å². The molecular weight excluding hydrogens is 254 g/mol. The van der Waals surface area contributed by atoms with Crippen molar-refractivity contribution in [3.05, 3.63) is 18.0 Å². The Bertz CT molecular complexity index is 467. The maximum absolute atomic E-state index is 11.2. The highest BCUT2D eigenvalue weighted by molar-refractivity contribution is 5.74. The molecular formula is C15H25N3O2. The zero-order valence-corrected chi connectivity index (χ0v) is 12.7. The van der Waals surface area contributed by atoms with Gasteiger partial charge in [0.05, 0.1) is 17.2 Å². The van der Waals surface area contributed by atoms with Crippen LogP contribution in [0.1, 0.15) is 51.8 Å². The molecule has 1 saturated heterocycles. The number of hydrogen-bond donors (Lipinski definition) is 1. The summed E-state index contributed by atoms with van der Waals surface area (Å²) in [6.45, 7) is 8.37. The second-order valence-electron chi connectivity index (χ2n) is 6.08. The summed E-state index contributed by atoms with van der Waals surface area (Å²) in [6.07, 6.45) is 4.92. The molecule has 1 fully saturated rings. The first-order valence-corrected chi connectivity index (χ1v) is 7.48. The largest absolute Gasteiger partial charge is 0.481 e. The highest BCUT2D eigenvalue weighted by Gasteiger charge is 2.40. The minimum atomic E-state index is -0.692. The Morgan fingerprint density at radius 2 is 2.20 bits per heavy atom. The number of carboxylic acids is 1. The van der Waals surface area contributed by atoms with Crippen molar-refractivity contribution in [2.45, 2.75) is 52.6 Å². The zero-order valence-electron chi connectivity index (χ0n) is 12.7. The van der Waals surface area contributed by atoms with Gasteiger partial charge in [-0.05, 0) is 38.8 Å². The van der Waals surface area contributed by atoms with Crippen molar-refractivity contribution < 1.29 is 9.90 Å². The molecule has 0 radical (unpaired) electrons. The molecule has 2 rings (SSSR count). The van der Waals surface area contributed by atoms with Crippen molar-refractivity contribution in [1.29, 1.82) is 0 Å². The SMILES string of the molecule is CCC(CC)n1ccc(CN2CCC(C)(C(=O)O)C2)n1. The molecule has 1 aromatic rings. The maximum Gasteiger partial charge on any atom is 0.310 e. The topological polar surface area (TPSA) is 58.4 Å². The van der Waals surface area contributed by atoms with E-state index in [1.165, 1.54) is 0 Å². The van der Waals surface area contributed by atoms with Gasteiger partial charge in [0.25, 0.3) is 0 Å². The predicted molar refractivity (Wildman–Crippen MR) is 77.5 cm³/mol. The smallest absolute Gasteiger partial charge is 0.310 e. The van der Waals surface area contributed by atoms with Crippen LogP contribution in [-0.2, 0) is 11.3 Å². The van der Waals surface area contributed by atoms with Crippen LogP contribution in [0.2, 0.25) is 0 Å². The summed E-state index contributed by atoms with van der Waals surface area (Å²) in [6, 6.07) is 2.51. The van der Waals surface area contributed by atoms with E-state index in [1.807, 2.05) is 17.8 Å². The number of hydrogen-bond acceptors (Lipinski definition) is 3. The fraction of sp³-hybridized carbons (Fsp3) is 0.733. The Kier molecular flexibility index (Phi) is 4.48. The molecule has 5 nitrogen and oxygen atoms in total. The van der Waals surface area contributed by atoms with Crippen molar-refractivity contribution in [2.24, 2.45) is 5.41 Å². The molecule has 2 heterocycles. The quantitative estimate of drug-likeness (QED) is 0.869. The van der Waals surface area contributed by atoms with Gasteiger partial charge in [-0.3, -0.25) is 14.4 Å². The summed E-state index contributed by atoms with van der Waals surface area (Å²) in [5.41, 5.74) is 0.435. The molecule has 1 N–H and O–H groups in total. The summed E-state index contributed by atoms with van der Waals surface area (Å²) in [4.78, 5) is 13.4. The van der Waals surface area contributed by atoms with Gasteiger partial charge in [-0.2, -0.15) is 5.10 Å². The molecule has 0 bridgehead atoms. The van der Waals surface area contributed by atoms with Crippen molar-refractivity contribution >= 4 is 5.97 Å². The first-order chi connectivity index (χ1) is 9.48. The number of nitrogens with zero attached hydrogens (tertiary/aromatic N) is 3. The Labute approximate surface area is 120 Å². The number of rotatable bonds is 6. The number of aromatic nitrogens is 2. The maximum atomic E-state index is 11.2. The lowest BCUT2D eigenvalue weighted by Gasteiger charge is -2.19. The molecule has 0 spiro atoms. The minimum Gasteiger partial charge on any atom is -0.481 e. The van der Waals surface area contributed by atoms with E-state index in [9.17, 15) is 9.90 Å². The highest BCUT2D eigenvalue weighted by atomic mass is 16.4. The number of likely N-dealkylation sites (tertiary alicyclic amines) is 1. The van der Waals surface area contributed by atoms with Crippen molar-refractivity contribution in [3.63, 3.8) is 0 Å². The lowest BCUT2D eigenvalue weighted by molar-refractivity contribution is -0.147. The molecule has 0 saturated carbocycles. The first-order valence-electron chi connectivity index (χ1n) is 7.48. The minimum absolute atomic E-state index is 0.464. The lowest BCUT2D eigenvalue weighted by Crippen LogP contribution is -2.31. The third kappa shape index (κ3) is 3.03. The molecule has 1 aliphatic rings. The lowest BCUT2D eigenvalue weighted by atomic mass is 9.90. The van der Waals surface area contributed by atoms with E-state index < -0.39 is 11.4 Å². The summed E-state index contributed by atoms with van der Waals surface area (Å²) in [5.74, 6) is -0.692. The van der Waals surface area contributed by atoms with Gasteiger partial charge >= 0.3 is 5.97 Å². The van der Waals surface area contributed by atoms with E-state index in [0.29, 0.717) is 12.6 Å². The van der Waals surface area contributed by atoms with Crippen LogP contribution in [0, 0.1) is 5.41 Å². The van der Waals surface area contributed by atoms with E-state index in [-0.39, 0.29) is 0 Å². The molecule has 0 amide bonds. The highest BCUT2D eigenvalue weighted by Crippen LogP contribution is 2.30. The van der Waals surface area contributed by atoms with Crippen LogP contribution in [-0.4, -0.2) is 38.8 Å². The second-order valence-corrected chi connectivity index (χ2v) is 6.08. The van der Waals surface area contributed by atoms with Gasteiger partial charge in [0.15, 0.2) is 0 Å². The molecule has 0 aromatic carbocycles. The van der Waals surface area contributed by atoms with Crippen molar-refractivity contribution in [3.8, 4) is 0 Å². The van der Waals surface area contributed by atoms with Gasteiger partial charge in [-0.25, -0.2) is 0 Å². The third-order valence-electron chi connectivity index (χ3n) is 4.43. The van der Waals surface area contributed by atoms with Gasteiger partial charge in [0.1, 0.15) is 0 Å². The Hall–Kier alpha value is -1.36. The molecule has 1 atom stereocenters. The predicted octanol–water partition coefficient (Wildman–Crippen LogP) is 2.54. The summed E-state index contributed by atoms with van der Waals surface area (Å²) in [7, 11) is 0. The van der Waals surface area contributed by atoms with Gasteiger partial charge in [0, 0.05) is 19.3 Å². The molecule has 1 aromatic heterocycles. The molecule has 112 valence electrons. The molecule has 0 aliphatic carbocycles. The summed E-state index contributed by atoms with van der Waals surface area (Å²) < 4.78 is 2.04. The van der Waals surface area contributed by atoms with E-state index in [4.69, 9.17) is 0 Å². The summed E-state index contributed by atoms with van der Waals surface area (Å²) >= 11 is 0. The van der Waals surface area contributed by atoms with E-state index in [1.54, 1.807) is 0 Å². The first kappa shape index (κ1) is 15.0. The van der Waals surface area contributed by atoms with Crippen LogP contribution in [0.4, 0.5) is 0 Å². The van der Waals surface area contributed by atoms with Crippen LogP contribution >= 0.6 is 0 Å². The summed E-state index contributed by atoms with van der Waals surface area (Å²) in [5, 5.41) is 13.9. The average molecular weight is 279 g/mol. The Morgan fingerprint density at radius 1 is 1.50 bits per heavy atom. The number of aliphatic carboxylic acids is 1. The Balaban J connectivity index is 1.97. The molecule has 5 heteroatoms. The average Bonchev–Trinajstić information content (AvgIpc) is 3.00. The fourth-order valence-corrected chi connectivity index (χ4v) is 2.92. The van der Waals surface area contributed by atoms with Gasteiger partial charge in [0.2, 0.25) is 0 Å². The molecule has 1 aliphatic heterocycles. The molecule has 1 unspecified atom stereocenters. The third-order valence-corrected chi connectivity index (χ3v) is 4.43. The molecule has 20 heavy (non-hydrogen) atoms. The number of carboxylic acid groups (broad SMARTS) is 1. The van der Waals surface area contributed by atoms with Gasteiger partial charge in [-0.15, -0.1) is 0 Å². The Morgan fingerprint density at radius 3 is 2.75 bits per heavy atom. The monoisotopic (exact) mass is 279 g/mol. The van der Waals surface area contributed by atoms with E-state index in [2.05, 4.69) is 29.9 Å². The van der Waals surface area contributed by atoms with Gasteiger partial charge < -0.3 is 5.11 Å².